The zero-order valence-electron chi connectivity index (χ0n) is 9.25. The van der Waals surface area contributed by atoms with Gasteiger partial charge in [-0.1, -0.05) is 0 Å². The van der Waals surface area contributed by atoms with Crippen molar-refractivity contribution in [3.8, 4) is 0 Å². The molecule has 0 bridgehead atoms. The van der Waals surface area contributed by atoms with Crippen LogP contribution in [0.15, 0.2) is 30.5 Å². The Bertz CT molecular complexity index is 646. The Kier molecular flexibility index (Phi) is 3.46. The molecule has 0 aliphatic heterocycles. The summed E-state index contributed by atoms with van der Waals surface area (Å²) in [6.45, 7) is 0. The zero-order valence-corrected chi connectivity index (χ0v) is 9.25. The molecule has 1 aromatic carbocycles. The van der Waals surface area contributed by atoms with Crippen LogP contribution in [0.3, 0.4) is 0 Å². The fraction of sp³-hybridized carbons (Fsp3) is 0. The maximum absolute atomic E-state index is 13.3. The van der Waals surface area contributed by atoms with E-state index in [2.05, 4.69) is 4.98 Å². The second kappa shape index (κ2) is 5.05. The number of carbonyl (C=O) groups excluding carboxylic acids is 1. The van der Waals surface area contributed by atoms with E-state index in [1.165, 1.54) is 12.3 Å². The van der Waals surface area contributed by atoms with Gasteiger partial charge in [0.1, 0.15) is 0 Å². The lowest BCUT2D eigenvalue weighted by molar-refractivity contribution is 0.101. The van der Waals surface area contributed by atoms with Gasteiger partial charge in [0.25, 0.3) is 5.91 Å². The van der Waals surface area contributed by atoms with Crippen LogP contribution in [0.5, 0.6) is 0 Å². The summed E-state index contributed by atoms with van der Waals surface area (Å²) in [5.74, 6) is -6.66. The molecule has 0 unspecified atom stereocenters. The first-order chi connectivity index (χ1) is 9.00. The highest BCUT2D eigenvalue weighted by Crippen LogP contribution is 2.20. The van der Waals surface area contributed by atoms with E-state index in [4.69, 9.17) is 0 Å². The molecule has 1 amide bonds. The zero-order chi connectivity index (χ0) is 14.0. The largest absolute Gasteiger partial charge is 0.318 e. The van der Waals surface area contributed by atoms with Crippen molar-refractivity contribution in [3.05, 3.63) is 59.4 Å². The van der Waals surface area contributed by atoms with Crippen molar-refractivity contribution >= 4 is 11.6 Å². The van der Waals surface area contributed by atoms with Crippen molar-refractivity contribution in [2.45, 2.75) is 0 Å². The molecule has 3 nitrogen and oxygen atoms in total. The minimum absolute atomic E-state index is 0.577. The van der Waals surface area contributed by atoms with E-state index in [0.29, 0.717) is 6.07 Å². The highest BCUT2D eigenvalue weighted by molar-refractivity contribution is 6.03. The van der Waals surface area contributed by atoms with E-state index in [1.807, 2.05) is 5.32 Å². The molecule has 1 aromatic heterocycles. The number of amides is 1. The highest BCUT2D eigenvalue weighted by Gasteiger charge is 2.18. The summed E-state index contributed by atoms with van der Waals surface area (Å²) in [5.41, 5.74) is -1.18. The second-order valence-electron chi connectivity index (χ2n) is 3.51. The van der Waals surface area contributed by atoms with Crippen LogP contribution in [0, 0.1) is 23.3 Å². The molecule has 1 N–H and O–H groups in total. The van der Waals surface area contributed by atoms with E-state index in [0.717, 1.165) is 12.1 Å². The number of nitrogens with zero attached hydrogens (tertiary/aromatic N) is 1. The van der Waals surface area contributed by atoms with Crippen LogP contribution in [-0.2, 0) is 0 Å². The van der Waals surface area contributed by atoms with E-state index in [9.17, 15) is 22.4 Å². The minimum atomic E-state index is -1.72. The van der Waals surface area contributed by atoms with Gasteiger partial charge in [0.2, 0.25) is 0 Å². The van der Waals surface area contributed by atoms with Crippen LogP contribution in [0.1, 0.15) is 10.5 Å². The molecule has 0 radical (unpaired) electrons. The minimum Gasteiger partial charge on any atom is -0.318 e. The monoisotopic (exact) mass is 270 g/mol. The summed E-state index contributed by atoms with van der Waals surface area (Å²) < 4.78 is 52.1. The van der Waals surface area contributed by atoms with E-state index in [1.54, 1.807) is 0 Å². The number of anilines is 1. The normalized spacial score (nSPS) is 10.3. The van der Waals surface area contributed by atoms with Gasteiger partial charge in [0.05, 0.1) is 5.69 Å². The molecule has 0 aliphatic carbocycles. The SMILES string of the molecule is O=C(Nc1ccc(F)c(F)c1F)c1ncccc1F. The summed E-state index contributed by atoms with van der Waals surface area (Å²) in [5, 5.41) is 1.91. The summed E-state index contributed by atoms with van der Waals surface area (Å²) >= 11 is 0. The molecule has 98 valence electrons. The molecular formula is C12H6F4N2O. The molecule has 2 aromatic rings. The molecule has 0 spiro atoms. The fourth-order valence-corrected chi connectivity index (χ4v) is 1.36. The van der Waals surface area contributed by atoms with Crippen LogP contribution >= 0.6 is 0 Å². The first-order valence-electron chi connectivity index (χ1n) is 5.06. The summed E-state index contributed by atoms with van der Waals surface area (Å²) in [7, 11) is 0. The number of hydrogen-bond acceptors (Lipinski definition) is 2. The maximum atomic E-state index is 13.3. The van der Waals surface area contributed by atoms with E-state index < -0.39 is 40.6 Å². The molecule has 0 fully saturated rings. The Morgan fingerprint density at radius 1 is 1.00 bits per heavy atom. The summed E-state index contributed by atoms with van der Waals surface area (Å²) in [6, 6.07) is 3.73. The van der Waals surface area contributed by atoms with Crippen molar-refractivity contribution in [2.75, 3.05) is 5.32 Å². The third-order valence-electron chi connectivity index (χ3n) is 2.26. The van der Waals surface area contributed by atoms with Crippen LogP contribution in [0.2, 0.25) is 0 Å². The molecule has 1 heterocycles. The maximum Gasteiger partial charge on any atom is 0.277 e. The van der Waals surface area contributed by atoms with Gasteiger partial charge in [-0.2, -0.15) is 0 Å². The smallest absolute Gasteiger partial charge is 0.277 e. The Hall–Kier alpha value is -2.44. The van der Waals surface area contributed by atoms with Gasteiger partial charge in [-0.3, -0.25) is 4.79 Å². The summed E-state index contributed by atoms with van der Waals surface area (Å²) in [6.07, 6.45) is 1.17. The molecule has 0 aliphatic rings. The number of rotatable bonds is 2. The topological polar surface area (TPSA) is 42.0 Å². The highest BCUT2D eigenvalue weighted by atomic mass is 19.2. The Balaban J connectivity index is 2.30. The number of halogens is 4. The number of nitrogens with one attached hydrogen (secondary N) is 1. The average molecular weight is 270 g/mol. The molecule has 19 heavy (non-hydrogen) atoms. The molecule has 0 saturated carbocycles. The van der Waals surface area contributed by atoms with Gasteiger partial charge in [0, 0.05) is 6.20 Å². The molecule has 7 heteroatoms. The first-order valence-corrected chi connectivity index (χ1v) is 5.06. The Morgan fingerprint density at radius 2 is 1.74 bits per heavy atom. The third kappa shape index (κ3) is 2.54. The Labute approximate surface area is 104 Å². The molecular weight excluding hydrogens is 264 g/mol. The van der Waals surface area contributed by atoms with Crippen molar-refractivity contribution < 1.29 is 22.4 Å². The first kappa shape index (κ1) is 13.0. The molecule has 2 rings (SSSR count). The van der Waals surface area contributed by atoms with E-state index >= 15 is 0 Å². The standard InChI is InChI=1S/C12H6F4N2O/c13-6-3-4-8(10(16)9(6)15)18-12(19)11-7(14)2-1-5-17-11/h1-5H,(H,18,19). The van der Waals surface area contributed by atoms with Gasteiger partial charge in [-0.15, -0.1) is 0 Å². The third-order valence-corrected chi connectivity index (χ3v) is 2.26. The lowest BCUT2D eigenvalue weighted by Gasteiger charge is -2.07. The number of hydrogen-bond donors (Lipinski definition) is 1. The molecule has 0 saturated heterocycles. The van der Waals surface area contributed by atoms with Gasteiger partial charge < -0.3 is 5.32 Å². The Morgan fingerprint density at radius 3 is 2.42 bits per heavy atom. The van der Waals surface area contributed by atoms with Crippen LogP contribution < -0.4 is 5.32 Å². The van der Waals surface area contributed by atoms with Crippen LogP contribution in [0.25, 0.3) is 0 Å². The van der Waals surface area contributed by atoms with Gasteiger partial charge in [-0.05, 0) is 24.3 Å². The predicted octanol–water partition coefficient (Wildman–Crippen LogP) is 2.89. The lowest BCUT2D eigenvalue weighted by Crippen LogP contribution is -2.17. The van der Waals surface area contributed by atoms with Crippen LogP contribution in [0.4, 0.5) is 23.2 Å². The quantitative estimate of drug-likeness (QED) is 0.673. The number of aromatic nitrogens is 1. The number of pyridine rings is 1. The van der Waals surface area contributed by atoms with Gasteiger partial charge >= 0.3 is 0 Å². The average Bonchev–Trinajstić information content (AvgIpc) is 2.40. The van der Waals surface area contributed by atoms with Crippen molar-refractivity contribution in [1.82, 2.24) is 4.98 Å². The van der Waals surface area contributed by atoms with Crippen molar-refractivity contribution in [1.29, 1.82) is 0 Å². The number of carbonyl (C=O) groups is 1. The molecule has 0 atom stereocenters. The number of benzene rings is 1. The van der Waals surface area contributed by atoms with Gasteiger partial charge in [0.15, 0.2) is 29.0 Å². The van der Waals surface area contributed by atoms with Gasteiger partial charge in [-0.25, -0.2) is 22.5 Å². The van der Waals surface area contributed by atoms with E-state index in [-0.39, 0.29) is 0 Å². The van der Waals surface area contributed by atoms with Crippen molar-refractivity contribution in [3.63, 3.8) is 0 Å². The van der Waals surface area contributed by atoms with Crippen molar-refractivity contribution in [2.24, 2.45) is 0 Å². The predicted molar refractivity (Wildman–Crippen MR) is 58.5 cm³/mol. The second-order valence-corrected chi connectivity index (χ2v) is 3.51. The van der Waals surface area contributed by atoms with Crippen LogP contribution in [-0.4, -0.2) is 10.9 Å². The fourth-order valence-electron chi connectivity index (χ4n) is 1.36. The lowest BCUT2D eigenvalue weighted by atomic mass is 10.2. The summed E-state index contributed by atoms with van der Waals surface area (Å²) in [4.78, 5) is 15.1.